The second-order valence-electron chi connectivity index (χ2n) is 5.27. The molecule has 1 aromatic heterocycles. The molecule has 0 aliphatic rings. The highest BCUT2D eigenvalue weighted by molar-refractivity contribution is 6.32. The predicted octanol–water partition coefficient (Wildman–Crippen LogP) is 3.50. The highest BCUT2D eigenvalue weighted by atomic mass is 35.5. The van der Waals surface area contributed by atoms with Crippen LogP contribution in [0.1, 0.15) is 25.8 Å². The maximum absolute atomic E-state index is 6.26. The summed E-state index contributed by atoms with van der Waals surface area (Å²) >= 11 is 6.26. The van der Waals surface area contributed by atoms with Crippen LogP contribution in [0, 0.1) is 0 Å². The lowest BCUT2D eigenvalue weighted by molar-refractivity contribution is 0.298. The first-order chi connectivity index (χ1) is 10.2. The number of aryl methyl sites for hydroxylation is 1. The summed E-state index contributed by atoms with van der Waals surface area (Å²) in [6, 6.07) is 6.30. The second-order valence-corrected chi connectivity index (χ2v) is 5.67. The zero-order valence-electron chi connectivity index (χ0n) is 12.6. The second kappa shape index (κ2) is 8.05. The molecule has 0 fully saturated rings. The number of hydrogen-bond acceptors (Lipinski definition) is 3. The van der Waals surface area contributed by atoms with Gasteiger partial charge in [-0.05, 0) is 12.5 Å². The van der Waals surface area contributed by atoms with E-state index in [0.29, 0.717) is 17.7 Å². The number of hydrogen-bond donors (Lipinski definition) is 1. The molecule has 0 atom stereocenters. The largest absolute Gasteiger partial charge is 0.492 e. The van der Waals surface area contributed by atoms with Crippen LogP contribution in [0.4, 0.5) is 0 Å². The van der Waals surface area contributed by atoms with Gasteiger partial charge in [0.05, 0.1) is 18.0 Å². The van der Waals surface area contributed by atoms with Gasteiger partial charge in [0.25, 0.3) is 0 Å². The highest BCUT2D eigenvalue weighted by Crippen LogP contribution is 2.28. The molecule has 114 valence electrons. The Balaban J connectivity index is 1.88. The summed E-state index contributed by atoms with van der Waals surface area (Å²) < 4.78 is 7.93. The molecule has 0 saturated heterocycles. The van der Waals surface area contributed by atoms with Crippen LogP contribution in [0.5, 0.6) is 5.75 Å². The summed E-state index contributed by atoms with van der Waals surface area (Å²) in [6.07, 6.45) is 6.46. The molecule has 1 heterocycles. The number of imidazole rings is 1. The predicted molar refractivity (Wildman–Crippen MR) is 85.8 cm³/mol. The van der Waals surface area contributed by atoms with E-state index in [-0.39, 0.29) is 0 Å². The van der Waals surface area contributed by atoms with Crippen molar-refractivity contribution in [3.8, 4) is 5.75 Å². The van der Waals surface area contributed by atoms with E-state index in [4.69, 9.17) is 16.3 Å². The average Bonchev–Trinajstić information content (AvgIpc) is 2.96. The van der Waals surface area contributed by atoms with Crippen LogP contribution in [0.25, 0.3) is 0 Å². The molecular weight excluding hydrogens is 286 g/mol. The fourth-order valence-corrected chi connectivity index (χ4v) is 2.26. The molecular formula is C16H22ClN3O. The lowest BCUT2D eigenvalue weighted by Gasteiger charge is -2.15. The van der Waals surface area contributed by atoms with Gasteiger partial charge in [-0.2, -0.15) is 0 Å². The Labute approximate surface area is 131 Å². The van der Waals surface area contributed by atoms with E-state index in [1.54, 1.807) is 6.20 Å². The Morgan fingerprint density at radius 1 is 1.38 bits per heavy atom. The van der Waals surface area contributed by atoms with Gasteiger partial charge in [-0.25, -0.2) is 4.98 Å². The Morgan fingerprint density at radius 2 is 2.24 bits per heavy atom. The number of para-hydroxylation sites is 1. The zero-order chi connectivity index (χ0) is 15.1. The molecule has 0 aliphatic carbocycles. The third-order valence-electron chi connectivity index (χ3n) is 3.12. The number of ether oxygens (including phenoxy) is 1. The van der Waals surface area contributed by atoms with Crippen molar-refractivity contribution in [1.82, 2.24) is 14.9 Å². The van der Waals surface area contributed by atoms with Crippen LogP contribution >= 0.6 is 11.6 Å². The Kier molecular flexibility index (Phi) is 6.08. The van der Waals surface area contributed by atoms with Gasteiger partial charge in [0.2, 0.25) is 0 Å². The van der Waals surface area contributed by atoms with E-state index in [2.05, 4.69) is 24.1 Å². The Hall–Kier alpha value is -1.52. The van der Waals surface area contributed by atoms with Gasteiger partial charge in [-0.1, -0.05) is 37.6 Å². The highest BCUT2D eigenvalue weighted by Gasteiger charge is 2.08. The van der Waals surface area contributed by atoms with Crippen LogP contribution in [-0.4, -0.2) is 22.2 Å². The molecule has 1 N–H and O–H groups in total. The van der Waals surface area contributed by atoms with E-state index in [0.717, 1.165) is 30.8 Å². The van der Waals surface area contributed by atoms with E-state index >= 15 is 0 Å². The Bertz CT molecular complexity index is 540. The molecule has 0 radical (unpaired) electrons. The van der Waals surface area contributed by atoms with Crippen LogP contribution in [-0.2, 0) is 13.1 Å². The lowest BCUT2D eigenvalue weighted by Crippen LogP contribution is -2.22. The number of benzene rings is 1. The van der Waals surface area contributed by atoms with Crippen molar-refractivity contribution >= 4 is 11.6 Å². The molecule has 2 rings (SSSR count). The molecule has 0 saturated carbocycles. The first-order valence-electron chi connectivity index (χ1n) is 7.26. The minimum atomic E-state index is 0.429. The normalized spacial score (nSPS) is 11.0. The van der Waals surface area contributed by atoms with Crippen LogP contribution in [0.2, 0.25) is 5.02 Å². The van der Waals surface area contributed by atoms with Gasteiger partial charge in [-0.15, -0.1) is 0 Å². The van der Waals surface area contributed by atoms with Gasteiger partial charge in [0.15, 0.2) is 0 Å². The van der Waals surface area contributed by atoms with Crippen molar-refractivity contribution in [2.24, 2.45) is 0 Å². The first-order valence-corrected chi connectivity index (χ1v) is 7.64. The molecule has 0 bridgehead atoms. The molecule has 21 heavy (non-hydrogen) atoms. The summed E-state index contributed by atoms with van der Waals surface area (Å²) in [4.78, 5) is 4.02. The Morgan fingerprint density at radius 3 is 2.95 bits per heavy atom. The van der Waals surface area contributed by atoms with Crippen molar-refractivity contribution in [2.75, 3.05) is 6.61 Å². The third kappa shape index (κ3) is 5.06. The summed E-state index contributed by atoms with van der Waals surface area (Å²) in [6.45, 7) is 6.53. The fourth-order valence-electron chi connectivity index (χ4n) is 2.01. The minimum absolute atomic E-state index is 0.429. The minimum Gasteiger partial charge on any atom is -0.492 e. The van der Waals surface area contributed by atoms with Gasteiger partial charge in [-0.3, -0.25) is 0 Å². The summed E-state index contributed by atoms with van der Waals surface area (Å²) in [7, 11) is 0. The molecule has 2 aromatic rings. The number of nitrogens with zero attached hydrogens (tertiary/aromatic N) is 2. The molecule has 0 amide bonds. The number of rotatable bonds is 8. The maximum Gasteiger partial charge on any atom is 0.142 e. The molecule has 1 aromatic carbocycles. The quantitative estimate of drug-likeness (QED) is 0.759. The topological polar surface area (TPSA) is 39.1 Å². The third-order valence-corrected chi connectivity index (χ3v) is 3.41. The van der Waals surface area contributed by atoms with E-state index in [1.807, 2.05) is 35.3 Å². The monoisotopic (exact) mass is 307 g/mol. The summed E-state index contributed by atoms with van der Waals surface area (Å²) in [5.74, 6) is 0.790. The number of aromatic nitrogens is 2. The molecule has 4 nitrogen and oxygen atoms in total. The van der Waals surface area contributed by atoms with Crippen molar-refractivity contribution < 1.29 is 4.74 Å². The van der Waals surface area contributed by atoms with Crippen molar-refractivity contribution in [1.29, 1.82) is 0 Å². The van der Waals surface area contributed by atoms with Gasteiger partial charge >= 0.3 is 0 Å². The van der Waals surface area contributed by atoms with Gasteiger partial charge in [0.1, 0.15) is 5.75 Å². The van der Waals surface area contributed by atoms with Gasteiger partial charge < -0.3 is 14.6 Å². The standard InChI is InChI=1S/C16H22ClN3O/c1-13(2)19-11-14-5-3-6-15(17)16(14)21-10-4-8-20-9-7-18-12-20/h3,5-7,9,12-13,19H,4,8,10-11H2,1-2H3. The maximum atomic E-state index is 6.26. The molecule has 0 aliphatic heterocycles. The lowest BCUT2D eigenvalue weighted by atomic mass is 10.2. The van der Waals surface area contributed by atoms with Crippen molar-refractivity contribution in [2.45, 2.75) is 39.4 Å². The molecule has 0 unspecified atom stereocenters. The van der Waals surface area contributed by atoms with E-state index in [1.165, 1.54) is 0 Å². The fraction of sp³-hybridized carbons (Fsp3) is 0.438. The smallest absolute Gasteiger partial charge is 0.142 e. The number of nitrogens with one attached hydrogen (secondary N) is 1. The molecule has 0 spiro atoms. The van der Waals surface area contributed by atoms with Crippen LogP contribution in [0.15, 0.2) is 36.9 Å². The number of halogens is 1. The van der Waals surface area contributed by atoms with E-state index < -0.39 is 0 Å². The van der Waals surface area contributed by atoms with E-state index in [9.17, 15) is 0 Å². The van der Waals surface area contributed by atoms with Crippen molar-refractivity contribution in [3.05, 3.63) is 47.5 Å². The SMILES string of the molecule is CC(C)NCc1cccc(Cl)c1OCCCn1ccnc1. The van der Waals surface area contributed by atoms with Gasteiger partial charge in [0, 0.05) is 37.1 Å². The van der Waals surface area contributed by atoms with Crippen molar-refractivity contribution in [3.63, 3.8) is 0 Å². The van der Waals surface area contributed by atoms with Crippen LogP contribution < -0.4 is 10.1 Å². The van der Waals surface area contributed by atoms with Crippen LogP contribution in [0.3, 0.4) is 0 Å². The molecule has 5 heteroatoms. The average molecular weight is 308 g/mol. The summed E-state index contributed by atoms with van der Waals surface area (Å²) in [5.41, 5.74) is 1.10. The summed E-state index contributed by atoms with van der Waals surface area (Å²) in [5, 5.41) is 4.06. The zero-order valence-corrected chi connectivity index (χ0v) is 13.3. The first kappa shape index (κ1) is 15.9.